The summed E-state index contributed by atoms with van der Waals surface area (Å²) in [7, 11) is 0. The zero-order chi connectivity index (χ0) is 20.2. The Bertz CT molecular complexity index is 1020. The Morgan fingerprint density at radius 2 is 1.66 bits per heavy atom. The lowest BCUT2D eigenvalue weighted by Gasteiger charge is -2.32. The van der Waals surface area contributed by atoms with Crippen molar-refractivity contribution in [1.82, 2.24) is 5.32 Å². The third-order valence-corrected chi connectivity index (χ3v) is 5.74. The molecule has 0 aromatic heterocycles. The average molecular weight is 404 g/mol. The second kappa shape index (κ2) is 8.62. The molecule has 3 aromatic carbocycles. The van der Waals surface area contributed by atoms with Crippen LogP contribution in [0.15, 0.2) is 66.7 Å². The van der Waals surface area contributed by atoms with Gasteiger partial charge in [0.15, 0.2) is 5.11 Å². The summed E-state index contributed by atoms with van der Waals surface area (Å²) in [5, 5.41) is 8.14. The maximum Gasteiger partial charge on any atom is 0.258 e. The van der Waals surface area contributed by atoms with Crippen LogP contribution in [-0.4, -0.2) is 24.1 Å². The van der Waals surface area contributed by atoms with Crippen molar-refractivity contribution in [3.05, 3.63) is 72.3 Å². The molecule has 0 bridgehead atoms. The first-order valence-electron chi connectivity index (χ1n) is 10.1. The number of piperidine rings is 1. The molecule has 0 saturated carbocycles. The van der Waals surface area contributed by atoms with Gasteiger partial charge in [0.25, 0.3) is 5.91 Å². The van der Waals surface area contributed by atoms with E-state index in [1.54, 1.807) is 0 Å². The number of benzene rings is 3. The van der Waals surface area contributed by atoms with Gasteiger partial charge < -0.3 is 10.2 Å². The minimum atomic E-state index is -0.210. The van der Waals surface area contributed by atoms with Crippen molar-refractivity contribution in [3.8, 4) is 0 Å². The molecule has 1 fully saturated rings. The molecule has 1 saturated heterocycles. The van der Waals surface area contributed by atoms with Gasteiger partial charge in [0, 0.05) is 30.0 Å². The number of nitrogens with one attached hydrogen (secondary N) is 2. The highest BCUT2D eigenvalue weighted by Gasteiger charge is 2.16. The van der Waals surface area contributed by atoms with Gasteiger partial charge in [-0.15, -0.1) is 0 Å². The molecule has 29 heavy (non-hydrogen) atoms. The van der Waals surface area contributed by atoms with Crippen LogP contribution in [0.5, 0.6) is 0 Å². The van der Waals surface area contributed by atoms with Crippen LogP contribution in [0.3, 0.4) is 0 Å². The molecule has 0 unspecified atom stereocenters. The Balaban J connectivity index is 1.38. The smallest absolute Gasteiger partial charge is 0.258 e. The van der Waals surface area contributed by atoms with Crippen LogP contribution in [0.4, 0.5) is 11.4 Å². The van der Waals surface area contributed by atoms with Crippen molar-refractivity contribution < 1.29 is 4.79 Å². The Labute approximate surface area is 176 Å². The van der Waals surface area contributed by atoms with Crippen molar-refractivity contribution in [2.75, 3.05) is 23.3 Å². The maximum absolute atomic E-state index is 12.7. The van der Waals surface area contributed by atoms with Gasteiger partial charge in [-0.2, -0.15) is 0 Å². The first-order chi connectivity index (χ1) is 14.1. The number of anilines is 2. The summed E-state index contributed by atoms with van der Waals surface area (Å²) in [6.07, 6.45) is 2.48. The largest absolute Gasteiger partial charge is 0.372 e. The lowest BCUT2D eigenvalue weighted by molar-refractivity contribution is 0.0979. The highest BCUT2D eigenvalue weighted by Crippen LogP contribution is 2.24. The number of thiocarbonyl (C=S) groups is 1. The number of rotatable bonds is 3. The molecule has 2 N–H and O–H groups in total. The predicted octanol–water partition coefficient (Wildman–Crippen LogP) is 5.20. The summed E-state index contributed by atoms with van der Waals surface area (Å²) in [4.78, 5) is 15.1. The van der Waals surface area contributed by atoms with Crippen LogP contribution < -0.4 is 15.5 Å². The lowest BCUT2D eigenvalue weighted by Crippen LogP contribution is -2.34. The lowest BCUT2D eigenvalue weighted by atomic mass is 9.99. The SMILES string of the molecule is CC1CCN(c2ccc(NC(=S)NC(=O)c3cccc4ccccc34)cc2)CC1. The summed E-state index contributed by atoms with van der Waals surface area (Å²) in [5.74, 6) is 0.605. The molecule has 5 heteroatoms. The van der Waals surface area contributed by atoms with Crippen molar-refractivity contribution in [1.29, 1.82) is 0 Å². The second-order valence-corrected chi connectivity index (χ2v) is 8.06. The number of amides is 1. The summed E-state index contributed by atoms with van der Waals surface area (Å²) >= 11 is 5.35. The molecular weight excluding hydrogens is 378 g/mol. The molecule has 0 atom stereocenters. The van der Waals surface area contributed by atoms with E-state index in [4.69, 9.17) is 12.2 Å². The van der Waals surface area contributed by atoms with Crippen LogP contribution in [0, 0.1) is 5.92 Å². The van der Waals surface area contributed by atoms with Crippen LogP contribution in [-0.2, 0) is 0 Å². The minimum absolute atomic E-state index is 0.210. The first-order valence-corrected chi connectivity index (χ1v) is 10.5. The van der Waals surface area contributed by atoms with E-state index < -0.39 is 0 Å². The summed E-state index contributed by atoms with van der Waals surface area (Å²) in [6.45, 7) is 4.53. The van der Waals surface area contributed by atoms with Crippen LogP contribution in [0.2, 0.25) is 0 Å². The van der Waals surface area contributed by atoms with E-state index in [-0.39, 0.29) is 5.91 Å². The van der Waals surface area contributed by atoms with Crippen LogP contribution in [0.25, 0.3) is 10.8 Å². The molecule has 0 spiro atoms. The highest BCUT2D eigenvalue weighted by atomic mass is 32.1. The zero-order valence-corrected chi connectivity index (χ0v) is 17.3. The second-order valence-electron chi connectivity index (χ2n) is 7.65. The van der Waals surface area contributed by atoms with Crippen LogP contribution >= 0.6 is 12.2 Å². The standard InChI is InChI=1S/C24H25N3OS/c1-17-13-15-27(16-14-17)20-11-9-19(10-12-20)25-24(29)26-23(28)22-8-4-6-18-5-2-3-7-21(18)22/h2-12,17H,13-16H2,1H3,(H2,25,26,28,29). The van der Waals surface area contributed by atoms with Gasteiger partial charge in [-0.25, -0.2) is 0 Å². The summed E-state index contributed by atoms with van der Waals surface area (Å²) in [6, 6.07) is 21.7. The number of carbonyl (C=O) groups excluding carboxylic acids is 1. The molecule has 1 amide bonds. The minimum Gasteiger partial charge on any atom is -0.372 e. The van der Waals surface area contributed by atoms with Crippen LogP contribution in [0.1, 0.15) is 30.1 Å². The third-order valence-electron chi connectivity index (χ3n) is 5.54. The van der Waals surface area contributed by atoms with E-state index >= 15 is 0 Å². The molecule has 1 aliphatic rings. The fourth-order valence-corrected chi connectivity index (χ4v) is 3.99. The number of hydrogen-bond acceptors (Lipinski definition) is 3. The number of carbonyl (C=O) groups is 1. The Morgan fingerprint density at radius 1 is 0.966 bits per heavy atom. The highest BCUT2D eigenvalue weighted by molar-refractivity contribution is 7.80. The van der Waals surface area contributed by atoms with E-state index in [2.05, 4.69) is 34.6 Å². The van der Waals surface area contributed by atoms with Gasteiger partial charge in [-0.1, -0.05) is 43.3 Å². The van der Waals surface area contributed by atoms with Gasteiger partial charge in [0.1, 0.15) is 0 Å². The van der Waals surface area contributed by atoms with Gasteiger partial charge in [0.05, 0.1) is 0 Å². The summed E-state index contributed by atoms with van der Waals surface area (Å²) in [5.41, 5.74) is 2.71. The van der Waals surface area contributed by atoms with Crippen molar-refractivity contribution >= 4 is 45.4 Å². The molecule has 3 aromatic rings. The Kier molecular flexibility index (Phi) is 5.76. The molecule has 148 valence electrons. The molecule has 0 radical (unpaired) electrons. The molecule has 4 rings (SSSR count). The maximum atomic E-state index is 12.7. The topological polar surface area (TPSA) is 44.4 Å². The molecule has 4 nitrogen and oxygen atoms in total. The molecule has 0 aliphatic carbocycles. The normalized spacial score (nSPS) is 14.6. The number of hydrogen-bond donors (Lipinski definition) is 2. The number of nitrogens with zero attached hydrogens (tertiary/aromatic N) is 1. The van der Waals surface area contributed by atoms with E-state index in [0.717, 1.165) is 35.5 Å². The average Bonchev–Trinajstić information content (AvgIpc) is 2.74. The van der Waals surface area contributed by atoms with Crippen molar-refractivity contribution in [2.24, 2.45) is 5.92 Å². The third kappa shape index (κ3) is 4.57. The van der Waals surface area contributed by atoms with Crippen molar-refractivity contribution in [2.45, 2.75) is 19.8 Å². The number of fused-ring (bicyclic) bond motifs is 1. The van der Waals surface area contributed by atoms with Gasteiger partial charge >= 0.3 is 0 Å². The van der Waals surface area contributed by atoms with Gasteiger partial charge in [-0.3, -0.25) is 10.1 Å². The fourth-order valence-electron chi connectivity index (χ4n) is 3.78. The van der Waals surface area contributed by atoms with Crippen molar-refractivity contribution in [3.63, 3.8) is 0 Å². The molecule has 1 aliphatic heterocycles. The Hall–Kier alpha value is -2.92. The van der Waals surface area contributed by atoms with Gasteiger partial charge in [0.2, 0.25) is 0 Å². The quantitative estimate of drug-likeness (QED) is 0.590. The van der Waals surface area contributed by atoms with Gasteiger partial charge in [-0.05, 0) is 72.1 Å². The first kappa shape index (κ1) is 19.4. The van der Waals surface area contributed by atoms with E-state index in [1.807, 2.05) is 54.6 Å². The van der Waals surface area contributed by atoms with E-state index in [1.165, 1.54) is 18.5 Å². The Morgan fingerprint density at radius 3 is 2.41 bits per heavy atom. The molecular formula is C24H25N3OS. The monoisotopic (exact) mass is 403 g/mol. The van der Waals surface area contributed by atoms with E-state index in [0.29, 0.717) is 10.7 Å². The van der Waals surface area contributed by atoms with E-state index in [9.17, 15) is 4.79 Å². The zero-order valence-electron chi connectivity index (χ0n) is 16.5. The predicted molar refractivity (Wildman–Crippen MR) is 125 cm³/mol. The summed E-state index contributed by atoms with van der Waals surface area (Å²) < 4.78 is 0. The molecule has 1 heterocycles. The fraction of sp³-hybridized carbons (Fsp3) is 0.250.